The summed E-state index contributed by atoms with van der Waals surface area (Å²) in [5, 5.41) is 9.59. The Morgan fingerprint density at radius 3 is 2.88 bits per heavy atom. The van der Waals surface area contributed by atoms with Crippen molar-refractivity contribution in [3.8, 4) is 5.88 Å². The Morgan fingerprint density at radius 1 is 1.48 bits per heavy atom. The molecule has 1 aliphatic carbocycles. The Balaban J connectivity index is 0.00000225. The molecule has 1 aromatic heterocycles. The van der Waals surface area contributed by atoms with Crippen LogP contribution in [0.4, 0.5) is 0 Å². The van der Waals surface area contributed by atoms with E-state index in [1.54, 1.807) is 12.3 Å². The summed E-state index contributed by atoms with van der Waals surface area (Å²) in [6.45, 7) is 7.18. The molecular weight excluding hydrogens is 309 g/mol. The zero-order valence-electron chi connectivity index (χ0n) is 14.4. The van der Waals surface area contributed by atoms with Crippen molar-refractivity contribution in [1.29, 1.82) is 0 Å². The molecule has 25 heavy (non-hydrogen) atoms. The molecule has 0 bridgehead atoms. The molecule has 7 heteroatoms. The topological polar surface area (TPSA) is 86.0 Å². The number of ether oxygens (including phenoxy) is 1. The van der Waals surface area contributed by atoms with Crippen molar-refractivity contribution in [1.82, 2.24) is 9.88 Å². The van der Waals surface area contributed by atoms with E-state index < -0.39 is 0 Å². The summed E-state index contributed by atoms with van der Waals surface area (Å²) < 4.78 is 5.78. The first kappa shape index (κ1) is 19.5. The Bertz CT molecular complexity index is 684. The summed E-state index contributed by atoms with van der Waals surface area (Å²) in [6, 6.07) is 3.71. The van der Waals surface area contributed by atoms with Gasteiger partial charge >= 0.3 is 18.9 Å². The van der Waals surface area contributed by atoms with Gasteiger partial charge in [-0.05, 0) is 31.0 Å². The molecule has 0 spiro atoms. The second kappa shape index (κ2) is 9.00. The van der Waals surface area contributed by atoms with Gasteiger partial charge in [-0.1, -0.05) is 12.1 Å². The third-order valence-corrected chi connectivity index (χ3v) is 3.98. The molecule has 0 amide bonds. The fourth-order valence-electron chi connectivity index (χ4n) is 2.52. The number of hydrogen-bond acceptors (Lipinski definition) is 4. The minimum absolute atomic E-state index is 0. The van der Waals surface area contributed by atoms with Gasteiger partial charge in [0.05, 0.1) is 6.10 Å². The smallest absolute Gasteiger partial charge is 0.862 e. The number of allylic oxidation sites excluding steroid dienone is 1. The third kappa shape index (κ3) is 5.05. The van der Waals surface area contributed by atoms with Crippen molar-refractivity contribution in [3.63, 3.8) is 0 Å². The summed E-state index contributed by atoms with van der Waals surface area (Å²) >= 11 is 0. The molecule has 0 unspecified atom stereocenters. The van der Waals surface area contributed by atoms with Crippen molar-refractivity contribution < 1.29 is 23.6 Å². The summed E-state index contributed by atoms with van der Waals surface area (Å²) in [4.78, 5) is 10.5. The number of likely N-dealkylation sites (tertiary alicyclic amines) is 1. The molecule has 2 fully saturated rings. The van der Waals surface area contributed by atoms with Crippen molar-refractivity contribution in [2.45, 2.75) is 31.4 Å². The van der Waals surface area contributed by atoms with Crippen molar-refractivity contribution >= 4 is 17.6 Å². The number of rotatable bonds is 6. The molecule has 2 heterocycles. The maximum atomic E-state index is 9.59. The number of aromatic nitrogens is 1. The third-order valence-electron chi connectivity index (χ3n) is 3.98. The van der Waals surface area contributed by atoms with Gasteiger partial charge in [0.25, 0.3) is 0 Å². The molecule has 2 N–H and O–H groups in total. The number of hydrogen-bond donors (Lipinski definition) is 1. The van der Waals surface area contributed by atoms with E-state index >= 15 is 0 Å². The molecule has 2 aliphatic rings. The Kier molecular flexibility index (Phi) is 7.00. The van der Waals surface area contributed by atoms with Gasteiger partial charge in [-0.25, -0.2) is 4.98 Å². The first-order valence-corrected chi connectivity index (χ1v) is 8.07. The Morgan fingerprint density at radius 2 is 2.28 bits per heavy atom. The van der Waals surface area contributed by atoms with Crippen LogP contribution >= 0.6 is 0 Å². The van der Waals surface area contributed by atoms with Gasteiger partial charge in [-0.15, -0.1) is 5.57 Å². The fourth-order valence-corrected chi connectivity index (χ4v) is 2.52. The zero-order chi connectivity index (χ0) is 16.9. The molecule has 6 nitrogen and oxygen atoms in total. The van der Waals surface area contributed by atoms with Crippen LogP contribution in [-0.4, -0.2) is 47.2 Å². The predicted molar refractivity (Wildman–Crippen MR) is 94.4 cm³/mol. The van der Waals surface area contributed by atoms with Crippen LogP contribution in [0.3, 0.4) is 0 Å². The number of nitrogens with zero attached hydrogens (tertiary/aromatic N) is 4. The van der Waals surface area contributed by atoms with E-state index in [4.69, 9.17) is 17.0 Å². The van der Waals surface area contributed by atoms with E-state index in [2.05, 4.69) is 16.2 Å². The molecule has 3 rings (SSSR count). The van der Waals surface area contributed by atoms with Gasteiger partial charge in [0.1, 0.15) is 0 Å². The summed E-state index contributed by atoms with van der Waals surface area (Å²) in [5.74, 6) is 1.06. The average molecular weight is 329 g/mol. The SMILES string of the molecule is [CH-]=CC(=N[C-]=C(C=[N-])c1cccnc1OC1CC1)N1CC[C@@H](N)C1.[Li+]. The molecule has 0 radical (unpaired) electrons. The van der Waals surface area contributed by atoms with Crippen molar-refractivity contribution in [2.24, 2.45) is 10.7 Å². The van der Waals surface area contributed by atoms with Crippen LogP contribution in [0, 0.1) is 12.8 Å². The van der Waals surface area contributed by atoms with Crippen LogP contribution in [0.1, 0.15) is 24.8 Å². The molecule has 1 saturated heterocycles. The quantitative estimate of drug-likeness (QED) is 0.308. The Labute approximate surface area is 160 Å². The van der Waals surface area contributed by atoms with E-state index in [9.17, 15) is 5.41 Å². The van der Waals surface area contributed by atoms with Crippen molar-refractivity contribution in [3.05, 3.63) is 48.2 Å². The molecule has 1 aromatic rings. The maximum Gasteiger partial charge on any atom is 1.00 e. The molecule has 1 saturated carbocycles. The van der Waals surface area contributed by atoms with Crippen molar-refractivity contribution in [2.75, 3.05) is 13.1 Å². The second-order valence-electron chi connectivity index (χ2n) is 5.96. The summed E-state index contributed by atoms with van der Waals surface area (Å²) in [6.07, 6.45) is 10.0. The summed E-state index contributed by atoms with van der Waals surface area (Å²) in [7, 11) is 0. The monoisotopic (exact) mass is 329 g/mol. The standard InChI is InChI=1S/C18H20N5O.Li/c1-2-17(23-9-7-14(20)12-23)22-11-13(10-19)16-4-3-8-21-18(16)24-15-5-6-15;/h1-4,8,10,14-15H,5-7,9,12,20H2;/q-3;+1/t14-;/m1./s1. The molecule has 1 aliphatic heterocycles. The Hall–Kier alpha value is -1.87. The first-order valence-electron chi connectivity index (χ1n) is 8.07. The minimum Gasteiger partial charge on any atom is -0.862 e. The molecule has 126 valence electrons. The predicted octanol–water partition coefficient (Wildman–Crippen LogP) is -1.17. The summed E-state index contributed by atoms with van der Waals surface area (Å²) in [5.41, 5.74) is 6.95. The normalized spacial score (nSPS) is 20.8. The molecular formula is C18H20LiN5O-2. The zero-order valence-corrected chi connectivity index (χ0v) is 14.4. The van der Waals surface area contributed by atoms with Gasteiger partial charge in [0, 0.05) is 31.2 Å². The second-order valence-corrected chi connectivity index (χ2v) is 5.96. The minimum atomic E-state index is 0. The van der Waals surface area contributed by atoms with E-state index in [0.717, 1.165) is 32.0 Å². The van der Waals surface area contributed by atoms with Crippen LogP contribution in [0.2, 0.25) is 0 Å². The largest absolute Gasteiger partial charge is 1.00 e. The van der Waals surface area contributed by atoms with Gasteiger partial charge in [-0.2, -0.15) is 6.08 Å². The van der Waals surface area contributed by atoms with Gasteiger partial charge in [0.2, 0.25) is 0 Å². The number of nitrogens with two attached hydrogens (primary N) is 1. The number of pyridine rings is 1. The van der Waals surface area contributed by atoms with Gasteiger partial charge in [0.15, 0.2) is 5.88 Å². The van der Waals surface area contributed by atoms with Crippen LogP contribution in [0.5, 0.6) is 5.88 Å². The molecule has 0 aromatic carbocycles. The average Bonchev–Trinajstić information content (AvgIpc) is 3.31. The first-order chi connectivity index (χ1) is 11.7. The number of aliphatic imine (C=N–C) groups is 1. The van der Waals surface area contributed by atoms with E-state index in [1.807, 2.05) is 11.0 Å². The maximum absolute atomic E-state index is 9.59. The van der Waals surface area contributed by atoms with E-state index in [1.165, 1.54) is 6.08 Å². The van der Waals surface area contributed by atoms with Crippen LogP contribution in [0.25, 0.3) is 11.0 Å². The van der Waals surface area contributed by atoms with Gasteiger partial charge in [-0.3, -0.25) is 12.8 Å². The fraction of sp³-hybridized carbons (Fsp3) is 0.389. The van der Waals surface area contributed by atoms with Crippen LogP contribution in [-0.2, 0) is 0 Å². The van der Waals surface area contributed by atoms with Gasteiger partial charge < -0.3 is 25.8 Å². The molecule has 1 atom stereocenters. The van der Waals surface area contributed by atoms with E-state index in [0.29, 0.717) is 29.4 Å². The van der Waals surface area contributed by atoms with Crippen LogP contribution in [0.15, 0.2) is 29.4 Å². The number of amidine groups is 1. The van der Waals surface area contributed by atoms with Crippen LogP contribution < -0.4 is 29.3 Å². The van der Waals surface area contributed by atoms with E-state index in [-0.39, 0.29) is 31.0 Å².